The Hall–Kier alpha value is -3.13. The maximum absolute atomic E-state index is 13.2. The minimum absolute atomic E-state index is 0.00177. The van der Waals surface area contributed by atoms with Crippen LogP contribution in [-0.2, 0) is 6.42 Å². The van der Waals surface area contributed by atoms with Crippen LogP contribution in [0.15, 0.2) is 64.3 Å². The number of anilines is 1. The van der Waals surface area contributed by atoms with Crippen LogP contribution >= 0.6 is 23.2 Å². The van der Waals surface area contributed by atoms with Gasteiger partial charge in [-0.15, -0.1) is 0 Å². The SMILES string of the molecule is N[C@@H]1c2cccnc2CC12CCN(c1ccc3c(=O)n(-c4cccc(Cl)c4Cl)c(=O)[nH]c3c1)CC2. The number of halogens is 2. The maximum atomic E-state index is 13.2. The molecule has 0 radical (unpaired) electrons. The van der Waals surface area contributed by atoms with E-state index in [2.05, 4.69) is 20.9 Å². The topological polar surface area (TPSA) is 97.0 Å². The largest absolute Gasteiger partial charge is 0.371 e. The van der Waals surface area contributed by atoms with Gasteiger partial charge in [0.2, 0.25) is 0 Å². The highest BCUT2D eigenvalue weighted by molar-refractivity contribution is 6.43. The Morgan fingerprint density at radius 1 is 1.06 bits per heavy atom. The summed E-state index contributed by atoms with van der Waals surface area (Å²) in [5, 5.41) is 0.828. The van der Waals surface area contributed by atoms with Gasteiger partial charge in [-0.25, -0.2) is 9.36 Å². The number of fused-ring (bicyclic) bond motifs is 2. The Balaban J connectivity index is 1.30. The van der Waals surface area contributed by atoms with Crippen LogP contribution in [0.1, 0.15) is 30.1 Å². The molecule has 1 saturated heterocycles. The number of hydrogen-bond donors (Lipinski definition) is 2. The number of benzene rings is 2. The molecule has 1 spiro atoms. The number of nitrogens with zero attached hydrogens (tertiary/aromatic N) is 3. The third-order valence-corrected chi connectivity index (χ3v) is 8.43. The summed E-state index contributed by atoms with van der Waals surface area (Å²) < 4.78 is 1.02. The van der Waals surface area contributed by atoms with Crippen molar-refractivity contribution in [2.75, 3.05) is 18.0 Å². The highest BCUT2D eigenvalue weighted by Crippen LogP contribution is 2.50. The van der Waals surface area contributed by atoms with E-state index in [-0.39, 0.29) is 27.2 Å². The molecule has 3 heterocycles. The van der Waals surface area contributed by atoms with Gasteiger partial charge >= 0.3 is 5.69 Å². The third kappa shape index (κ3) is 3.49. The molecule has 9 heteroatoms. The van der Waals surface area contributed by atoms with E-state index in [0.717, 1.165) is 48.3 Å². The van der Waals surface area contributed by atoms with Crippen molar-refractivity contribution in [3.63, 3.8) is 0 Å². The highest BCUT2D eigenvalue weighted by Gasteiger charge is 2.46. The fourth-order valence-corrected chi connectivity index (χ4v) is 6.02. The lowest BCUT2D eigenvalue weighted by atomic mass is 9.73. The zero-order chi connectivity index (χ0) is 24.3. The van der Waals surface area contributed by atoms with E-state index in [1.165, 1.54) is 5.56 Å². The molecule has 0 unspecified atom stereocenters. The fourth-order valence-electron chi connectivity index (χ4n) is 5.64. The molecule has 0 amide bonds. The van der Waals surface area contributed by atoms with Crippen LogP contribution in [0, 0.1) is 5.41 Å². The molecule has 1 fully saturated rings. The predicted molar refractivity (Wildman–Crippen MR) is 139 cm³/mol. The number of nitrogens with one attached hydrogen (secondary N) is 1. The molecule has 1 aliphatic heterocycles. The summed E-state index contributed by atoms with van der Waals surface area (Å²) in [6.45, 7) is 1.68. The highest BCUT2D eigenvalue weighted by atomic mass is 35.5. The molecule has 7 nitrogen and oxygen atoms in total. The summed E-state index contributed by atoms with van der Waals surface area (Å²) in [6.07, 6.45) is 4.65. The molecular weight excluding hydrogens is 485 g/mol. The van der Waals surface area contributed by atoms with Crippen molar-refractivity contribution in [1.82, 2.24) is 14.5 Å². The summed E-state index contributed by atoms with van der Waals surface area (Å²) in [5.41, 5.74) is 9.68. The summed E-state index contributed by atoms with van der Waals surface area (Å²) in [7, 11) is 0. The van der Waals surface area contributed by atoms with Gasteiger partial charge in [0.1, 0.15) is 0 Å². The average Bonchev–Trinajstić information content (AvgIpc) is 3.13. The fraction of sp³-hybridized carbons (Fsp3) is 0.269. The Bertz CT molecular complexity index is 1590. The lowest BCUT2D eigenvalue weighted by Crippen LogP contribution is -2.44. The Labute approximate surface area is 211 Å². The number of pyridine rings is 1. The number of hydrogen-bond acceptors (Lipinski definition) is 5. The smallest absolute Gasteiger partial charge is 0.333 e. The third-order valence-electron chi connectivity index (χ3n) is 7.62. The second-order valence-corrected chi connectivity index (χ2v) is 10.2. The number of rotatable bonds is 2. The molecule has 35 heavy (non-hydrogen) atoms. The first-order valence-electron chi connectivity index (χ1n) is 11.6. The van der Waals surface area contributed by atoms with Gasteiger partial charge in [0.05, 0.1) is 26.6 Å². The van der Waals surface area contributed by atoms with Gasteiger partial charge in [-0.05, 0) is 66.6 Å². The monoisotopic (exact) mass is 507 g/mol. The Morgan fingerprint density at radius 3 is 2.63 bits per heavy atom. The number of aromatic amines is 1. The molecule has 3 N–H and O–H groups in total. The molecule has 1 atom stereocenters. The molecule has 0 bridgehead atoms. The van der Waals surface area contributed by atoms with E-state index >= 15 is 0 Å². The molecular formula is C26H23Cl2N5O2. The van der Waals surface area contributed by atoms with Crippen LogP contribution in [0.25, 0.3) is 16.6 Å². The Morgan fingerprint density at radius 2 is 1.86 bits per heavy atom. The van der Waals surface area contributed by atoms with Crippen molar-refractivity contribution in [2.45, 2.75) is 25.3 Å². The molecule has 178 valence electrons. The van der Waals surface area contributed by atoms with Gasteiger partial charge in [0, 0.05) is 36.7 Å². The molecule has 1 aliphatic carbocycles. The van der Waals surface area contributed by atoms with E-state index in [1.54, 1.807) is 24.3 Å². The zero-order valence-electron chi connectivity index (χ0n) is 18.8. The van der Waals surface area contributed by atoms with Crippen LogP contribution in [0.4, 0.5) is 5.69 Å². The number of H-pyrrole nitrogens is 1. The maximum Gasteiger partial charge on any atom is 0.333 e. The molecule has 2 aliphatic rings. The zero-order valence-corrected chi connectivity index (χ0v) is 20.3. The normalized spacial score (nSPS) is 18.8. The number of aromatic nitrogens is 3. The lowest BCUT2D eigenvalue weighted by molar-refractivity contribution is 0.187. The van der Waals surface area contributed by atoms with Gasteiger partial charge in [-0.3, -0.25) is 9.78 Å². The van der Waals surface area contributed by atoms with Crippen LogP contribution in [0.5, 0.6) is 0 Å². The first-order chi connectivity index (χ1) is 16.9. The second-order valence-electron chi connectivity index (χ2n) is 9.42. The van der Waals surface area contributed by atoms with Gasteiger partial charge in [-0.1, -0.05) is 35.3 Å². The van der Waals surface area contributed by atoms with E-state index in [4.69, 9.17) is 28.9 Å². The molecule has 6 rings (SSSR count). The minimum Gasteiger partial charge on any atom is -0.371 e. The quantitative estimate of drug-likeness (QED) is 0.423. The van der Waals surface area contributed by atoms with Crippen molar-refractivity contribution in [1.29, 1.82) is 0 Å². The molecule has 4 aromatic rings. The van der Waals surface area contributed by atoms with E-state index in [0.29, 0.717) is 10.9 Å². The average molecular weight is 508 g/mol. The standard InChI is InChI=1S/C26H23Cl2N5O2/c27-18-4-1-5-21(22(18)28)33-24(34)17-7-6-15(13-19(17)31-25(33)35)32-11-8-26(9-12-32)14-20-16(23(26)29)3-2-10-30-20/h1-7,10,13,23H,8-9,11-12,14,29H2,(H,31,35)/t23-/m1/s1. The second kappa shape index (κ2) is 8.22. The summed E-state index contributed by atoms with van der Waals surface area (Å²) in [6, 6.07) is 14.4. The minimum atomic E-state index is -0.566. The van der Waals surface area contributed by atoms with Crippen molar-refractivity contribution < 1.29 is 0 Å². The van der Waals surface area contributed by atoms with Gasteiger partial charge in [0.25, 0.3) is 5.56 Å². The number of nitrogens with two attached hydrogens (primary N) is 1. The summed E-state index contributed by atoms with van der Waals surface area (Å²) in [5.74, 6) is 0. The van der Waals surface area contributed by atoms with Crippen molar-refractivity contribution in [3.8, 4) is 5.69 Å². The van der Waals surface area contributed by atoms with Crippen molar-refractivity contribution in [2.24, 2.45) is 11.1 Å². The summed E-state index contributed by atoms with van der Waals surface area (Å²) in [4.78, 5) is 35.8. The van der Waals surface area contributed by atoms with E-state index in [1.807, 2.05) is 24.4 Å². The van der Waals surface area contributed by atoms with E-state index in [9.17, 15) is 9.59 Å². The molecule has 0 saturated carbocycles. The van der Waals surface area contributed by atoms with Crippen LogP contribution < -0.4 is 21.9 Å². The Kier molecular flexibility index (Phi) is 5.25. The van der Waals surface area contributed by atoms with Gasteiger partial charge in [-0.2, -0.15) is 0 Å². The van der Waals surface area contributed by atoms with Crippen molar-refractivity contribution >= 4 is 39.8 Å². The van der Waals surface area contributed by atoms with Gasteiger partial charge < -0.3 is 15.6 Å². The van der Waals surface area contributed by atoms with Gasteiger partial charge in [0.15, 0.2) is 0 Å². The molecule has 2 aromatic carbocycles. The summed E-state index contributed by atoms with van der Waals surface area (Å²) >= 11 is 12.4. The first-order valence-corrected chi connectivity index (χ1v) is 12.3. The van der Waals surface area contributed by atoms with Crippen LogP contribution in [-0.4, -0.2) is 27.6 Å². The first kappa shape index (κ1) is 22.3. The van der Waals surface area contributed by atoms with Crippen LogP contribution in [0.2, 0.25) is 10.0 Å². The predicted octanol–water partition coefficient (Wildman–Crippen LogP) is 4.22. The lowest BCUT2D eigenvalue weighted by Gasteiger charge is -2.43. The van der Waals surface area contributed by atoms with Crippen LogP contribution in [0.3, 0.4) is 0 Å². The number of piperidine rings is 1. The van der Waals surface area contributed by atoms with E-state index < -0.39 is 11.2 Å². The molecule has 2 aromatic heterocycles. The van der Waals surface area contributed by atoms with Crippen molar-refractivity contribution in [3.05, 3.63) is 96.9 Å².